The van der Waals surface area contributed by atoms with Crippen molar-refractivity contribution in [3.05, 3.63) is 18.7 Å². The van der Waals surface area contributed by atoms with E-state index in [-0.39, 0.29) is 5.91 Å². The third-order valence-corrected chi connectivity index (χ3v) is 4.94. The van der Waals surface area contributed by atoms with E-state index in [4.69, 9.17) is 4.74 Å². The molecule has 0 aliphatic carbocycles. The molecule has 3 rings (SSSR count). The molecular weight excluding hydrogens is 280 g/mol. The van der Waals surface area contributed by atoms with Crippen molar-refractivity contribution >= 4 is 5.91 Å². The number of rotatable bonds is 5. The first-order chi connectivity index (χ1) is 10.8. The fourth-order valence-corrected chi connectivity index (χ4v) is 3.58. The van der Waals surface area contributed by atoms with Crippen molar-refractivity contribution in [2.45, 2.75) is 32.4 Å². The molecule has 3 heterocycles. The van der Waals surface area contributed by atoms with Crippen molar-refractivity contribution in [3.8, 4) is 0 Å². The maximum atomic E-state index is 12.5. The summed E-state index contributed by atoms with van der Waals surface area (Å²) < 4.78 is 7.41. The largest absolute Gasteiger partial charge is 0.379 e. The second-order valence-electron chi connectivity index (χ2n) is 6.23. The summed E-state index contributed by atoms with van der Waals surface area (Å²) >= 11 is 0. The van der Waals surface area contributed by atoms with Gasteiger partial charge < -0.3 is 14.2 Å². The number of hydrogen-bond acceptors (Lipinski definition) is 4. The highest BCUT2D eigenvalue weighted by atomic mass is 16.5. The lowest BCUT2D eigenvalue weighted by Crippen LogP contribution is -2.47. The summed E-state index contributed by atoms with van der Waals surface area (Å²) in [6, 6.07) is 0.506. The Morgan fingerprint density at radius 2 is 2.14 bits per heavy atom. The zero-order valence-corrected chi connectivity index (χ0v) is 13.4. The molecule has 0 bridgehead atoms. The van der Waals surface area contributed by atoms with Crippen molar-refractivity contribution in [1.82, 2.24) is 19.4 Å². The zero-order chi connectivity index (χ0) is 15.4. The first kappa shape index (κ1) is 15.5. The van der Waals surface area contributed by atoms with Crippen LogP contribution < -0.4 is 0 Å². The number of carbonyl (C=O) groups excluding carboxylic acids is 1. The maximum absolute atomic E-state index is 12.5. The van der Waals surface area contributed by atoms with Gasteiger partial charge in [-0.05, 0) is 5.92 Å². The Bertz CT molecular complexity index is 471. The number of carbonyl (C=O) groups is 1. The summed E-state index contributed by atoms with van der Waals surface area (Å²) in [6.07, 6.45) is 7.11. The van der Waals surface area contributed by atoms with Crippen LogP contribution in [-0.2, 0) is 16.1 Å². The summed E-state index contributed by atoms with van der Waals surface area (Å²) in [5.74, 6) is 0.859. The third kappa shape index (κ3) is 3.50. The quantitative estimate of drug-likeness (QED) is 0.809. The average molecular weight is 306 g/mol. The number of ether oxygens (including phenoxy) is 1. The second-order valence-corrected chi connectivity index (χ2v) is 6.23. The van der Waals surface area contributed by atoms with Crippen LogP contribution in [0.15, 0.2) is 18.7 Å². The molecule has 2 aliphatic heterocycles. The van der Waals surface area contributed by atoms with Crippen molar-refractivity contribution in [1.29, 1.82) is 0 Å². The molecule has 1 amide bonds. The Kier molecular flexibility index (Phi) is 5.10. The minimum Gasteiger partial charge on any atom is -0.379 e. The predicted molar refractivity (Wildman–Crippen MR) is 83.4 cm³/mol. The van der Waals surface area contributed by atoms with Crippen molar-refractivity contribution < 1.29 is 9.53 Å². The molecule has 0 unspecified atom stereocenters. The number of nitrogens with zero attached hydrogens (tertiary/aromatic N) is 4. The molecule has 2 fully saturated rings. The van der Waals surface area contributed by atoms with Crippen LogP contribution >= 0.6 is 0 Å². The van der Waals surface area contributed by atoms with Crippen LogP contribution in [0.5, 0.6) is 0 Å². The van der Waals surface area contributed by atoms with E-state index in [0.29, 0.717) is 24.9 Å². The lowest BCUT2D eigenvalue weighted by Gasteiger charge is -2.34. The number of aromatic nitrogens is 2. The fraction of sp³-hybridized carbons (Fsp3) is 0.750. The molecular formula is C16H26N4O2. The first-order valence-corrected chi connectivity index (χ1v) is 8.33. The van der Waals surface area contributed by atoms with E-state index < -0.39 is 0 Å². The monoisotopic (exact) mass is 306 g/mol. The highest BCUT2D eigenvalue weighted by Crippen LogP contribution is 2.26. The standard InChI is InChI=1S/C16H26N4O2/c1-2-14-11-20(12-15(14)19-7-9-22-10-8-19)16(21)3-5-18-6-4-17-13-18/h4,6,13-15H,2-3,5,7-12H2,1H3/t14-,15-/m0/s1. The van der Waals surface area contributed by atoms with E-state index in [1.54, 1.807) is 12.5 Å². The van der Waals surface area contributed by atoms with E-state index >= 15 is 0 Å². The van der Waals surface area contributed by atoms with Gasteiger partial charge in [0.25, 0.3) is 0 Å². The normalized spacial score (nSPS) is 26.5. The zero-order valence-electron chi connectivity index (χ0n) is 13.4. The molecule has 2 aliphatic rings. The minimum absolute atomic E-state index is 0.267. The van der Waals surface area contributed by atoms with Gasteiger partial charge in [0, 0.05) is 57.6 Å². The Labute approximate surface area is 132 Å². The van der Waals surface area contributed by atoms with Gasteiger partial charge in [-0.3, -0.25) is 9.69 Å². The first-order valence-electron chi connectivity index (χ1n) is 8.33. The summed E-state index contributed by atoms with van der Waals surface area (Å²) in [5.41, 5.74) is 0. The predicted octanol–water partition coefficient (Wildman–Crippen LogP) is 0.842. The molecule has 2 atom stereocenters. The van der Waals surface area contributed by atoms with Gasteiger partial charge in [-0.25, -0.2) is 4.98 Å². The van der Waals surface area contributed by atoms with Gasteiger partial charge in [0.1, 0.15) is 0 Å². The number of amides is 1. The van der Waals surface area contributed by atoms with Crippen LogP contribution in [0.3, 0.4) is 0 Å². The molecule has 122 valence electrons. The van der Waals surface area contributed by atoms with E-state index in [9.17, 15) is 4.79 Å². The van der Waals surface area contributed by atoms with Gasteiger partial charge in [0.15, 0.2) is 0 Å². The topological polar surface area (TPSA) is 50.6 Å². The van der Waals surface area contributed by atoms with Crippen molar-refractivity contribution in [2.75, 3.05) is 39.4 Å². The molecule has 1 aromatic rings. The number of morpholine rings is 1. The summed E-state index contributed by atoms with van der Waals surface area (Å²) in [6.45, 7) is 8.37. The van der Waals surface area contributed by atoms with Crippen LogP contribution in [0, 0.1) is 5.92 Å². The number of aryl methyl sites for hydroxylation is 1. The molecule has 0 N–H and O–H groups in total. The van der Waals surface area contributed by atoms with Crippen molar-refractivity contribution in [3.63, 3.8) is 0 Å². The molecule has 22 heavy (non-hydrogen) atoms. The molecule has 0 saturated carbocycles. The number of likely N-dealkylation sites (tertiary alicyclic amines) is 1. The Morgan fingerprint density at radius 1 is 1.32 bits per heavy atom. The van der Waals surface area contributed by atoms with E-state index in [0.717, 1.165) is 45.8 Å². The third-order valence-electron chi connectivity index (χ3n) is 4.94. The summed E-state index contributed by atoms with van der Waals surface area (Å²) in [5, 5.41) is 0. The van der Waals surface area contributed by atoms with E-state index in [2.05, 4.69) is 21.7 Å². The SMILES string of the molecule is CC[C@H]1CN(C(=O)CCn2ccnc2)C[C@@H]1N1CCOCC1. The lowest BCUT2D eigenvalue weighted by molar-refractivity contribution is -0.130. The minimum atomic E-state index is 0.267. The van der Waals surface area contributed by atoms with Gasteiger partial charge in [-0.1, -0.05) is 13.3 Å². The van der Waals surface area contributed by atoms with Crippen LogP contribution in [0.1, 0.15) is 19.8 Å². The molecule has 1 aromatic heterocycles. The van der Waals surface area contributed by atoms with Gasteiger partial charge in [-0.2, -0.15) is 0 Å². The number of imidazole rings is 1. The van der Waals surface area contributed by atoms with Gasteiger partial charge in [-0.15, -0.1) is 0 Å². The summed E-state index contributed by atoms with van der Waals surface area (Å²) in [7, 11) is 0. The van der Waals surface area contributed by atoms with Crippen LogP contribution in [0.4, 0.5) is 0 Å². The van der Waals surface area contributed by atoms with Crippen LogP contribution in [-0.4, -0.2) is 70.7 Å². The van der Waals surface area contributed by atoms with Crippen molar-refractivity contribution in [2.24, 2.45) is 5.92 Å². The molecule has 0 radical (unpaired) electrons. The molecule has 2 saturated heterocycles. The molecule has 6 nitrogen and oxygen atoms in total. The molecule has 0 spiro atoms. The van der Waals surface area contributed by atoms with E-state index in [1.807, 2.05) is 10.8 Å². The Hall–Kier alpha value is -1.40. The number of hydrogen-bond donors (Lipinski definition) is 0. The van der Waals surface area contributed by atoms with E-state index in [1.165, 1.54) is 0 Å². The fourth-order valence-electron chi connectivity index (χ4n) is 3.58. The smallest absolute Gasteiger partial charge is 0.224 e. The molecule has 0 aromatic carbocycles. The summed E-state index contributed by atoms with van der Waals surface area (Å²) in [4.78, 5) is 21.1. The maximum Gasteiger partial charge on any atom is 0.224 e. The average Bonchev–Trinajstić information content (AvgIpc) is 3.22. The highest BCUT2D eigenvalue weighted by Gasteiger charge is 2.37. The Balaban J connectivity index is 1.54. The second kappa shape index (κ2) is 7.24. The van der Waals surface area contributed by atoms with Crippen LogP contribution in [0.25, 0.3) is 0 Å². The Morgan fingerprint density at radius 3 is 2.82 bits per heavy atom. The molecule has 6 heteroatoms. The van der Waals surface area contributed by atoms with Crippen LogP contribution in [0.2, 0.25) is 0 Å². The van der Waals surface area contributed by atoms with Gasteiger partial charge >= 0.3 is 0 Å². The lowest BCUT2D eigenvalue weighted by atomic mass is 9.99. The van der Waals surface area contributed by atoms with Gasteiger partial charge in [0.2, 0.25) is 5.91 Å². The highest BCUT2D eigenvalue weighted by molar-refractivity contribution is 5.76. The van der Waals surface area contributed by atoms with Gasteiger partial charge in [0.05, 0.1) is 19.5 Å².